The molecule has 0 spiro atoms. The van der Waals surface area contributed by atoms with E-state index >= 15 is 0 Å². The molecule has 0 aliphatic heterocycles. The molecule has 1 aliphatic rings. The molecule has 10 heteroatoms. The molecule has 34 heavy (non-hydrogen) atoms. The third-order valence-electron chi connectivity index (χ3n) is 6.27. The van der Waals surface area contributed by atoms with Gasteiger partial charge >= 0.3 is 0 Å². The summed E-state index contributed by atoms with van der Waals surface area (Å²) in [4.78, 5) is 11.3. The number of nitrogens with one attached hydrogen (secondary N) is 2. The Bertz CT molecular complexity index is 1240. The quantitative estimate of drug-likeness (QED) is 0.423. The summed E-state index contributed by atoms with van der Waals surface area (Å²) >= 11 is 12.2. The van der Waals surface area contributed by atoms with E-state index in [-0.39, 0.29) is 20.9 Å². The van der Waals surface area contributed by atoms with Crippen LogP contribution >= 0.6 is 23.2 Å². The predicted octanol–water partition coefficient (Wildman–Crippen LogP) is 5.20. The molecule has 0 radical (unpaired) electrons. The number of hydrogen-bond acceptors (Lipinski definition) is 6. The Labute approximate surface area is 210 Å². The summed E-state index contributed by atoms with van der Waals surface area (Å²) in [6, 6.07) is 12.7. The lowest BCUT2D eigenvalue weighted by atomic mass is 9.82. The number of nitrogens with zero attached hydrogens (tertiary/aromatic N) is 3. The lowest BCUT2D eigenvalue weighted by Crippen LogP contribution is -2.32. The predicted molar refractivity (Wildman–Crippen MR) is 139 cm³/mol. The average molecular weight is 523 g/mol. The van der Waals surface area contributed by atoms with Gasteiger partial charge in [0.15, 0.2) is 0 Å². The minimum Gasteiger partial charge on any atom is -0.362 e. The molecule has 1 aliphatic carbocycles. The molecule has 2 N–H and O–H groups in total. The van der Waals surface area contributed by atoms with E-state index in [2.05, 4.69) is 15.0 Å². The fourth-order valence-corrected chi connectivity index (χ4v) is 6.65. The molecule has 0 saturated heterocycles. The normalized spacial score (nSPS) is 18.7. The molecule has 0 bridgehead atoms. The number of hydrogen-bond donors (Lipinski definition) is 2. The van der Waals surface area contributed by atoms with E-state index in [9.17, 15) is 8.42 Å². The highest BCUT2D eigenvalue weighted by Gasteiger charge is 2.26. The molecule has 0 amide bonds. The Hall–Kier alpha value is -2.13. The molecule has 1 fully saturated rings. The van der Waals surface area contributed by atoms with Crippen LogP contribution in [0.25, 0.3) is 10.9 Å². The van der Waals surface area contributed by atoms with Crippen molar-refractivity contribution in [2.45, 2.75) is 30.6 Å². The van der Waals surface area contributed by atoms with E-state index < -0.39 is 10.0 Å². The summed E-state index contributed by atoms with van der Waals surface area (Å²) in [5, 5.41) is 4.70. The van der Waals surface area contributed by atoms with Crippen LogP contribution in [-0.4, -0.2) is 45.6 Å². The molecular formula is C24H29Cl2N5O2S. The second-order valence-electron chi connectivity index (χ2n) is 8.95. The first-order valence-electron chi connectivity index (χ1n) is 11.4. The van der Waals surface area contributed by atoms with Crippen LogP contribution in [0.5, 0.6) is 0 Å². The van der Waals surface area contributed by atoms with E-state index in [1.54, 1.807) is 6.07 Å². The van der Waals surface area contributed by atoms with Crippen molar-refractivity contribution in [2.24, 2.45) is 11.8 Å². The van der Waals surface area contributed by atoms with Gasteiger partial charge in [-0.25, -0.2) is 18.1 Å². The Kier molecular flexibility index (Phi) is 7.82. The first kappa shape index (κ1) is 25.0. The van der Waals surface area contributed by atoms with Crippen LogP contribution in [0.4, 0.5) is 11.8 Å². The fourth-order valence-electron chi connectivity index (χ4n) is 4.39. The number of halogens is 2. The zero-order chi connectivity index (χ0) is 24.3. The van der Waals surface area contributed by atoms with Gasteiger partial charge < -0.3 is 10.2 Å². The maximum Gasteiger partial charge on any atom is 0.243 e. The summed E-state index contributed by atoms with van der Waals surface area (Å²) in [7, 11) is 0.203. The molecule has 1 saturated carbocycles. The van der Waals surface area contributed by atoms with Crippen molar-refractivity contribution in [1.29, 1.82) is 0 Å². The number of fused-ring (bicyclic) bond motifs is 1. The van der Waals surface area contributed by atoms with E-state index in [0.29, 0.717) is 18.4 Å². The van der Waals surface area contributed by atoms with Crippen molar-refractivity contribution in [3.05, 3.63) is 52.5 Å². The maximum atomic E-state index is 12.7. The van der Waals surface area contributed by atoms with E-state index in [0.717, 1.165) is 48.9 Å². The molecule has 1 aromatic heterocycles. The first-order valence-corrected chi connectivity index (χ1v) is 13.6. The van der Waals surface area contributed by atoms with Gasteiger partial charge in [0.2, 0.25) is 16.0 Å². The summed E-state index contributed by atoms with van der Waals surface area (Å²) in [6.07, 6.45) is 3.93. The Morgan fingerprint density at radius 2 is 1.53 bits per heavy atom. The van der Waals surface area contributed by atoms with Gasteiger partial charge in [0.05, 0.1) is 15.6 Å². The van der Waals surface area contributed by atoms with Crippen molar-refractivity contribution in [3.8, 4) is 0 Å². The van der Waals surface area contributed by atoms with Gasteiger partial charge in [0.25, 0.3) is 0 Å². The van der Waals surface area contributed by atoms with Crippen LogP contribution in [0.1, 0.15) is 25.7 Å². The highest BCUT2D eigenvalue weighted by Crippen LogP contribution is 2.31. The highest BCUT2D eigenvalue weighted by atomic mass is 35.5. The summed E-state index contributed by atoms with van der Waals surface area (Å²) in [6.45, 7) is 1.17. The van der Waals surface area contributed by atoms with Gasteiger partial charge in [-0.05, 0) is 61.8 Å². The zero-order valence-corrected chi connectivity index (χ0v) is 21.6. The van der Waals surface area contributed by atoms with Gasteiger partial charge in [-0.15, -0.1) is 0 Å². The largest absolute Gasteiger partial charge is 0.362 e. The fraction of sp³-hybridized carbons (Fsp3) is 0.417. The monoisotopic (exact) mass is 521 g/mol. The van der Waals surface area contributed by atoms with Crippen LogP contribution in [0.3, 0.4) is 0 Å². The van der Waals surface area contributed by atoms with Crippen LogP contribution in [-0.2, 0) is 10.0 Å². The van der Waals surface area contributed by atoms with Crippen LogP contribution < -0.4 is 14.9 Å². The SMILES string of the molecule is CN(C)c1nc(NC[C@H]2CC[C@H](CNS(=O)(=O)c3c(Cl)cccc3Cl)CC2)nc2ccccc12. The van der Waals surface area contributed by atoms with Gasteiger partial charge in [-0.3, -0.25) is 0 Å². The zero-order valence-electron chi connectivity index (χ0n) is 19.3. The van der Waals surface area contributed by atoms with Crippen LogP contribution in [0, 0.1) is 11.8 Å². The average Bonchev–Trinajstić information content (AvgIpc) is 2.81. The van der Waals surface area contributed by atoms with Crippen LogP contribution in [0.2, 0.25) is 10.0 Å². The second-order valence-corrected chi connectivity index (χ2v) is 11.5. The van der Waals surface area contributed by atoms with Gasteiger partial charge in [-0.2, -0.15) is 4.98 Å². The van der Waals surface area contributed by atoms with Gasteiger partial charge in [0, 0.05) is 32.6 Å². The lowest BCUT2D eigenvalue weighted by molar-refractivity contribution is 0.284. The number of para-hydroxylation sites is 1. The minimum atomic E-state index is -3.76. The molecule has 7 nitrogen and oxygen atoms in total. The van der Waals surface area contributed by atoms with E-state index in [1.165, 1.54) is 12.1 Å². The van der Waals surface area contributed by atoms with Crippen molar-refractivity contribution >= 4 is 55.9 Å². The molecule has 0 atom stereocenters. The molecular weight excluding hydrogens is 493 g/mol. The minimum absolute atomic E-state index is 0.0521. The molecule has 182 valence electrons. The third kappa shape index (κ3) is 5.74. The van der Waals surface area contributed by atoms with Crippen molar-refractivity contribution < 1.29 is 8.42 Å². The number of sulfonamides is 1. The number of rotatable bonds is 8. The Morgan fingerprint density at radius 3 is 2.18 bits per heavy atom. The van der Waals surface area contributed by atoms with Gasteiger partial charge in [-0.1, -0.05) is 41.4 Å². The van der Waals surface area contributed by atoms with Crippen molar-refractivity contribution in [2.75, 3.05) is 37.4 Å². The third-order valence-corrected chi connectivity index (χ3v) is 8.65. The molecule has 1 heterocycles. The Morgan fingerprint density at radius 1 is 0.912 bits per heavy atom. The smallest absolute Gasteiger partial charge is 0.243 e. The summed E-state index contributed by atoms with van der Waals surface area (Å²) < 4.78 is 28.1. The number of benzene rings is 2. The van der Waals surface area contributed by atoms with E-state index in [1.807, 2.05) is 43.3 Å². The first-order chi connectivity index (χ1) is 16.2. The number of aromatic nitrogens is 2. The van der Waals surface area contributed by atoms with Gasteiger partial charge in [0.1, 0.15) is 10.7 Å². The molecule has 3 aromatic rings. The topological polar surface area (TPSA) is 87.2 Å². The maximum absolute atomic E-state index is 12.7. The Balaban J connectivity index is 1.30. The molecule has 2 aromatic carbocycles. The summed E-state index contributed by atoms with van der Waals surface area (Å²) in [5.41, 5.74) is 0.915. The van der Waals surface area contributed by atoms with Crippen LogP contribution in [0.15, 0.2) is 47.4 Å². The molecule has 4 rings (SSSR count). The van der Waals surface area contributed by atoms with Crippen molar-refractivity contribution in [3.63, 3.8) is 0 Å². The number of anilines is 2. The lowest BCUT2D eigenvalue weighted by Gasteiger charge is -2.29. The second kappa shape index (κ2) is 10.6. The summed E-state index contributed by atoms with van der Waals surface area (Å²) in [5.74, 6) is 2.30. The van der Waals surface area contributed by atoms with Crippen molar-refractivity contribution in [1.82, 2.24) is 14.7 Å². The highest BCUT2D eigenvalue weighted by molar-refractivity contribution is 7.89. The standard InChI is InChI=1S/C24H29Cl2N5O2S/c1-31(2)23-18-6-3-4-9-21(18)29-24(30-23)27-14-16-10-12-17(13-11-16)15-28-34(32,33)22-19(25)7-5-8-20(22)26/h3-9,16-17,28H,10-15H2,1-2H3,(H,27,29,30)/t16-,17-. The van der Waals surface area contributed by atoms with E-state index in [4.69, 9.17) is 28.2 Å². The molecule has 0 unspecified atom stereocenters.